The molecule has 0 bridgehead atoms. The van der Waals surface area contributed by atoms with Gasteiger partial charge in [0.2, 0.25) is 0 Å². The van der Waals surface area contributed by atoms with Crippen molar-refractivity contribution in [3.8, 4) is 0 Å². The van der Waals surface area contributed by atoms with E-state index in [-0.39, 0.29) is 23.9 Å². The zero-order valence-electron chi connectivity index (χ0n) is 11.1. The molecule has 0 saturated carbocycles. The van der Waals surface area contributed by atoms with E-state index in [9.17, 15) is 9.18 Å². The average Bonchev–Trinajstić information content (AvgIpc) is 2.28. The van der Waals surface area contributed by atoms with E-state index in [1.54, 1.807) is 13.0 Å². The summed E-state index contributed by atoms with van der Waals surface area (Å²) in [6, 6.07) is 6.43. The second kappa shape index (κ2) is 7.11. The van der Waals surface area contributed by atoms with Crippen LogP contribution >= 0.6 is 0 Å². The van der Waals surface area contributed by atoms with Crippen LogP contribution in [0.2, 0.25) is 0 Å². The Bertz CT molecular complexity index is 395. The molecule has 0 fully saturated rings. The van der Waals surface area contributed by atoms with E-state index in [1.165, 1.54) is 12.1 Å². The van der Waals surface area contributed by atoms with Gasteiger partial charge in [-0.15, -0.1) is 0 Å². The molecule has 3 nitrogen and oxygen atoms in total. The highest BCUT2D eigenvalue weighted by Crippen LogP contribution is 2.14. The molecule has 1 N–H and O–H groups in total. The number of nitrogens with one attached hydrogen (secondary N) is 1. The lowest BCUT2D eigenvalue weighted by atomic mass is 10.1. The molecular formula is C14H20FNO2. The summed E-state index contributed by atoms with van der Waals surface area (Å²) in [6.07, 6.45) is 0.313. The fraction of sp³-hybridized carbons (Fsp3) is 0.500. The van der Waals surface area contributed by atoms with Crippen LogP contribution in [-0.4, -0.2) is 18.6 Å². The fourth-order valence-corrected chi connectivity index (χ4v) is 1.83. The second-order valence-corrected chi connectivity index (χ2v) is 4.35. The number of hydrogen-bond acceptors (Lipinski definition) is 3. The predicted molar refractivity (Wildman–Crippen MR) is 68.7 cm³/mol. The SMILES string of the molecule is CCOC(=O)CC(C)N[C@H](C)c1cccc(F)c1. The van der Waals surface area contributed by atoms with Crippen LogP contribution in [-0.2, 0) is 9.53 Å². The lowest BCUT2D eigenvalue weighted by Gasteiger charge is -2.19. The van der Waals surface area contributed by atoms with Gasteiger partial charge in [0.1, 0.15) is 5.82 Å². The summed E-state index contributed by atoms with van der Waals surface area (Å²) in [7, 11) is 0. The number of carbonyl (C=O) groups excluding carboxylic acids is 1. The third-order valence-electron chi connectivity index (χ3n) is 2.66. The highest BCUT2D eigenvalue weighted by Gasteiger charge is 2.13. The molecule has 0 aliphatic heterocycles. The maximum Gasteiger partial charge on any atom is 0.307 e. The molecule has 0 radical (unpaired) electrons. The molecule has 0 heterocycles. The van der Waals surface area contributed by atoms with Crippen LogP contribution in [0.3, 0.4) is 0 Å². The summed E-state index contributed by atoms with van der Waals surface area (Å²) in [5.41, 5.74) is 0.866. The van der Waals surface area contributed by atoms with Gasteiger partial charge in [-0.25, -0.2) is 4.39 Å². The lowest BCUT2D eigenvalue weighted by Crippen LogP contribution is -2.31. The van der Waals surface area contributed by atoms with Crippen molar-refractivity contribution in [2.45, 2.75) is 39.3 Å². The predicted octanol–water partition coefficient (Wildman–Crippen LogP) is 2.82. The smallest absolute Gasteiger partial charge is 0.307 e. The molecule has 1 rings (SSSR count). The van der Waals surface area contributed by atoms with Crippen LogP contribution in [0.25, 0.3) is 0 Å². The van der Waals surface area contributed by atoms with Gasteiger partial charge in [0.05, 0.1) is 13.0 Å². The molecule has 0 spiro atoms. The lowest BCUT2D eigenvalue weighted by molar-refractivity contribution is -0.143. The number of ether oxygens (including phenoxy) is 1. The van der Waals surface area contributed by atoms with Crippen LogP contribution in [0, 0.1) is 5.82 Å². The van der Waals surface area contributed by atoms with Crippen LogP contribution in [0.1, 0.15) is 38.8 Å². The Hall–Kier alpha value is -1.42. The molecule has 100 valence electrons. The maximum absolute atomic E-state index is 13.1. The third kappa shape index (κ3) is 4.84. The second-order valence-electron chi connectivity index (χ2n) is 4.35. The Balaban J connectivity index is 2.49. The van der Waals surface area contributed by atoms with E-state index in [1.807, 2.05) is 19.9 Å². The minimum atomic E-state index is -0.251. The van der Waals surface area contributed by atoms with Gasteiger partial charge >= 0.3 is 5.97 Å². The van der Waals surface area contributed by atoms with Crippen molar-refractivity contribution in [3.63, 3.8) is 0 Å². The van der Waals surface area contributed by atoms with E-state index in [0.717, 1.165) is 5.56 Å². The van der Waals surface area contributed by atoms with Crippen LogP contribution in [0.5, 0.6) is 0 Å². The first-order valence-electron chi connectivity index (χ1n) is 6.20. The van der Waals surface area contributed by atoms with E-state index in [0.29, 0.717) is 13.0 Å². The third-order valence-corrected chi connectivity index (χ3v) is 2.66. The number of rotatable bonds is 6. The average molecular weight is 253 g/mol. The summed E-state index contributed by atoms with van der Waals surface area (Å²) < 4.78 is 18.0. The summed E-state index contributed by atoms with van der Waals surface area (Å²) >= 11 is 0. The Labute approximate surface area is 107 Å². The fourth-order valence-electron chi connectivity index (χ4n) is 1.83. The first kappa shape index (κ1) is 14.6. The topological polar surface area (TPSA) is 38.3 Å². The monoisotopic (exact) mass is 253 g/mol. The largest absolute Gasteiger partial charge is 0.466 e. The van der Waals surface area contributed by atoms with Crippen LogP contribution in [0.15, 0.2) is 24.3 Å². The van der Waals surface area contributed by atoms with Crippen molar-refractivity contribution in [1.29, 1.82) is 0 Å². The van der Waals surface area contributed by atoms with E-state index in [2.05, 4.69) is 5.32 Å². The molecule has 0 aliphatic rings. The molecule has 18 heavy (non-hydrogen) atoms. The van der Waals surface area contributed by atoms with E-state index < -0.39 is 0 Å². The molecule has 0 aromatic heterocycles. The molecule has 1 aromatic rings. The number of benzene rings is 1. The molecule has 0 aliphatic carbocycles. The van der Waals surface area contributed by atoms with E-state index >= 15 is 0 Å². The van der Waals surface area contributed by atoms with Gasteiger partial charge in [-0.3, -0.25) is 4.79 Å². The van der Waals surface area contributed by atoms with Crippen LogP contribution in [0.4, 0.5) is 4.39 Å². The zero-order chi connectivity index (χ0) is 13.5. The first-order chi connectivity index (χ1) is 8.52. The summed E-state index contributed by atoms with van der Waals surface area (Å²) in [4.78, 5) is 11.3. The van der Waals surface area contributed by atoms with Crippen molar-refractivity contribution in [3.05, 3.63) is 35.6 Å². The van der Waals surface area contributed by atoms with Crippen molar-refractivity contribution < 1.29 is 13.9 Å². The molecule has 1 aromatic carbocycles. The Kier molecular flexibility index (Phi) is 5.78. The summed E-state index contributed by atoms with van der Waals surface area (Å²) in [5.74, 6) is -0.469. The van der Waals surface area contributed by atoms with Gasteiger partial charge in [0, 0.05) is 12.1 Å². The number of halogens is 1. The maximum atomic E-state index is 13.1. The molecule has 0 saturated heterocycles. The molecule has 4 heteroatoms. The molecule has 0 amide bonds. The number of esters is 1. The molecule has 2 atom stereocenters. The minimum absolute atomic E-state index is 0.00914. The highest BCUT2D eigenvalue weighted by atomic mass is 19.1. The summed E-state index contributed by atoms with van der Waals surface area (Å²) in [6.45, 7) is 6.03. The van der Waals surface area contributed by atoms with E-state index in [4.69, 9.17) is 4.74 Å². The summed E-state index contributed by atoms with van der Waals surface area (Å²) in [5, 5.41) is 3.25. The molecular weight excluding hydrogens is 233 g/mol. The first-order valence-corrected chi connectivity index (χ1v) is 6.20. The van der Waals surface area contributed by atoms with Gasteiger partial charge in [-0.05, 0) is 38.5 Å². The van der Waals surface area contributed by atoms with Gasteiger partial charge in [0.25, 0.3) is 0 Å². The number of hydrogen-bond donors (Lipinski definition) is 1. The van der Waals surface area contributed by atoms with Crippen molar-refractivity contribution in [1.82, 2.24) is 5.32 Å². The normalized spacial score (nSPS) is 14.0. The standard InChI is InChI=1S/C14H20FNO2/c1-4-18-14(17)8-10(2)16-11(3)12-6-5-7-13(15)9-12/h5-7,9-11,16H,4,8H2,1-3H3/t10?,11-/m1/s1. The van der Waals surface area contributed by atoms with Gasteiger partial charge < -0.3 is 10.1 Å². The Morgan fingerprint density at radius 1 is 1.44 bits per heavy atom. The number of carbonyl (C=O) groups is 1. The highest BCUT2D eigenvalue weighted by molar-refractivity contribution is 5.70. The zero-order valence-corrected chi connectivity index (χ0v) is 11.1. The Morgan fingerprint density at radius 3 is 2.78 bits per heavy atom. The quantitative estimate of drug-likeness (QED) is 0.792. The van der Waals surface area contributed by atoms with Crippen molar-refractivity contribution in [2.24, 2.45) is 0 Å². The minimum Gasteiger partial charge on any atom is -0.466 e. The van der Waals surface area contributed by atoms with Gasteiger partial charge in [-0.1, -0.05) is 12.1 Å². The van der Waals surface area contributed by atoms with Crippen molar-refractivity contribution in [2.75, 3.05) is 6.61 Å². The van der Waals surface area contributed by atoms with Crippen LogP contribution < -0.4 is 5.32 Å². The van der Waals surface area contributed by atoms with Gasteiger partial charge in [-0.2, -0.15) is 0 Å². The Morgan fingerprint density at radius 2 is 2.17 bits per heavy atom. The molecule has 1 unspecified atom stereocenters. The van der Waals surface area contributed by atoms with Crippen molar-refractivity contribution >= 4 is 5.97 Å². The van der Waals surface area contributed by atoms with Gasteiger partial charge in [0.15, 0.2) is 0 Å².